The second-order valence-electron chi connectivity index (χ2n) is 4.10. The average Bonchev–Trinajstić information content (AvgIpc) is 2.25. The number of amides is 1. The fraction of sp³-hybridized carbons (Fsp3) is 0.778. The second kappa shape index (κ2) is 2.47. The van der Waals surface area contributed by atoms with Gasteiger partial charge in [0.1, 0.15) is 0 Å². The van der Waals surface area contributed by atoms with Gasteiger partial charge in [-0.05, 0) is 18.8 Å². The lowest BCUT2D eigenvalue weighted by Gasteiger charge is -2.39. The third kappa shape index (κ3) is 0.975. The van der Waals surface area contributed by atoms with Crippen LogP contribution >= 0.6 is 0 Å². The predicted octanol–water partition coefficient (Wildman–Crippen LogP) is 0.329. The van der Waals surface area contributed by atoms with E-state index in [1.165, 1.54) is 6.92 Å². The van der Waals surface area contributed by atoms with Crippen LogP contribution in [-0.2, 0) is 9.59 Å². The monoisotopic (exact) mass is 183 g/mol. The van der Waals surface area contributed by atoms with E-state index in [1.807, 2.05) is 0 Å². The van der Waals surface area contributed by atoms with E-state index < -0.39 is 11.4 Å². The standard InChI is InChI=1S/C9H13NO3/c1-6(11)10-4-7-2-3-9(7,5-10)8(12)13/h7H,2-5H2,1H3,(H,12,13)/t7-,9-/m0/s1. The van der Waals surface area contributed by atoms with Gasteiger partial charge in [0, 0.05) is 20.0 Å². The maximum absolute atomic E-state index is 11.1. The highest BCUT2D eigenvalue weighted by atomic mass is 16.4. The molecule has 2 atom stereocenters. The van der Waals surface area contributed by atoms with E-state index in [-0.39, 0.29) is 11.8 Å². The van der Waals surface area contributed by atoms with Gasteiger partial charge in [0.05, 0.1) is 5.41 Å². The number of hydrogen-bond acceptors (Lipinski definition) is 2. The summed E-state index contributed by atoms with van der Waals surface area (Å²) in [5.41, 5.74) is -0.592. The topological polar surface area (TPSA) is 57.6 Å². The molecule has 1 saturated carbocycles. The Bertz CT molecular complexity index is 276. The first-order valence-corrected chi connectivity index (χ1v) is 4.55. The van der Waals surface area contributed by atoms with Gasteiger partial charge in [0.15, 0.2) is 0 Å². The Morgan fingerprint density at radius 3 is 2.54 bits per heavy atom. The third-order valence-corrected chi connectivity index (χ3v) is 3.51. The van der Waals surface area contributed by atoms with Crippen LogP contribution in [0.15, 0.2) is 0 Å². The maximum Gasteiger partial charge on any atom is 0.311 e. The number of aliphatic carboxylic acids is 1. The van der Waals surface area contributed by atoms with Crippen LogP contribution in [0, 0.1) is 11.3 Å². The summed E-state index contributed by atoms with van der Waals surface area (Å²) >= 11 is 0. The summed E-state index contributed by atoms with van der Waals surface area (Å²) in [7, 11) is 0. The Labute approximate surface area is 76.5 Å². The molecule has 0 aromatic heterocycles. The minimum absolute atomic E-state index is 0.00461. The smallest absolute Gasteiger partial charge is 0.311 e. The molecule has 1 aliphatic carbocycles. The van der Waals surface area contributed by atoms with Gasteiger partial charge in [0.2, 0.25) is 5.91 Å². The molecule has 1 N–H and O–H groups in total. The molecule has 2 fully saturated rings. The molecule has 0 aromatic carbocycles. The second-order valence-corrected chi connectivity index (χ2v) is 4.10. The Balaban J connectivity index is 2.17. The van der Waals surface area contributed by atoms with Crippen LogP contribution in [0.1, 0.15) is 19.8 Å². The van der Waals surface area contributed by atoms with Gasteiger partial charge in [-0.3, -0.25) is 9.59 Å². The number of carboxylic acid groups (broad SMARTS) is 1. The molecular formula is C9H13NO3. The molecular weight excluding hydrogens is 170 g/mol. The van der Waals surface area contributed by atoms with Crippen molar-refractivity contribution in [2.75, 3.05) is 13.1 Å². The molecule has 1 aliphatic heterocycles. The number of hydrogen-bond donors (Lipinski definition) is 1. The number of fused-ring (bicyclic) bond motifs is 1. The first-order valence-electron chi connectivity index (χ1n) is 4.55. The molecule has 0 unspecified atom stereocenters. The van der Waals surface area contributed by atoms with Crippen LogP contribution in [0.2, 0.25) is 0 Å². The summed E-state index contributed by atoms with van der Waals surface area (Å²) in [6.45, 7) is 2.56. The number of nitrogens with zero attached hydrogens (tertiary/aromatic N) is 1. The van der Waals surface area contributed by atoms with Crippen LogP contribution in [0.25, 0.3) is 0 Å². The minimum atomic E-state index is -0.729. The normalized spacial score (nSPS) is 36.7. The van der Waals surface area contributed by atoms with Crippen molar-refractivity contribution >= 4 is 11.9 Å². The fourth-order valence-corrected chi connectivity index (χ4v) is 2.43. The summed E-state index contributed by atoms with van der Waals surface area (Å²) in [4.78, 5) is 23.7. The van der Waals surface area contributed by atoms with E-state index in [9.17, 15) is 9.59 Å². The van der Waals surface area contributed by atoms with Gasteiger partial charge < -0.3 is 10.0 Å². The van der Waals surface area contributed by atoms with Crippen LogP contribution in [0.5, 0.6) is 0 Å². The molecule has 4 heteroatoms. The highest BCUT2D eigenvalue weighted by Crippen LogP contribution is 2.51. The van der Waals surface area contributed by atoms with E-state index in [0.29, 0.717) is 13.1 Å². The van der Waals surface area contributed by atoms with E-state index in [2.05, 4.69) is 0 Å². The van der Waals surface area contributed by atoms with Gasteiger partial charge in [-0.25, -0.2) is 0 Å². The number of carbonyl (C=O) groups is 2. The van der Waals surface area contributed by atoms with Gasteiger partial charge in [-0.2, -0.15) is 0 Å². The summed E-state index contributed by atoms with van der Waals surface area (Å²) in [6.07, 6.45) is 1.69. The van der Waals surface area contributed by atoms with Crippen LogP contribution in [0.3, 0.4) is 0 Å². The summed E-state index contributed by atoms with van der Waals surface area (Å²) in [5, 5.41) is 9.06. The van der Waals surface area contributed by atoms with Gasteiger partial charge >= 0.3 is 5.97 Å². The van der Waals surface area contributed by atoms with Gasteiger partial charge in [-0.15, -0.1) is 0 Å². The Kier molecular flexibility index (Phi) is 1.62. The zero-order valence-electron chi connectivity index (χ0n) is 7.62. The van der Waals surface area contributed by atoms with Crippen LogP contribution < -0.4 is 0 Å². The molecule has 0 aromatic rings. The molecule has 1 amide bonds. The van der Waals surface area contributed by atoms with Gasteiger partial charge in [0.25, 0.3) is 0 Å². The molecule has 1 saturated heterocycles. The molecule has 13 heavy (non-hydrogen) atoms. The molecule has 0 spiro atoms. The van der Waals surface area contributed by atoms with E-state index in [4.69, 9.17) is 5.11 Å². The first-order chi connectivity index (χ1) is 6.06. The zero-order valence-corrected chi connectivity index (χ0v) is 7.62. The lowest BCUT2D eigenvalue weighted by Crippen LogP contribution is -2.46. The van der Waals surface area contributed by atoms with Crippen molar-refractivity contribution in [3.05, 3.63) is 0 Å². The Morgan fingerprint density at radius 1 is 1.54 bits per heavy atom. The molecule has 0 bridgehead atoms. The summed E-state index contributed by atoms with van der Waals surface area (Å²) < 4.78 is 0. The maximum atomic E-state index is 11.1. The third-order valence-electron chi connectivity index (χ3n) is 3.51. The highest BCUT2D eigenvalue weighted by molar-refractivity contribution is 5.80. The van der Waals surface area contributed by atoms with Crippen molar-refractivity contribution in [2.45, 2.75) is 19.8 Å². The average molecular weight is 183 g/mol. The van der Waals surface area contributed by atoms with E-state index >= 15 is 0 Å². The largest absolute Gasteiger partial charge is 0.481 e. The molecule has 72 valence electrons. The van der Waals surface area contributed by atoms with Crippen LogP contribution in [0.4, 0.5) is 0 Å². The number of likely N-dealkylation sites (tertiary alicyclic amines) is 1. The number of carbonyl (C=O) groups excluding carboxylic acids is 1. The SMILES string of the molecule is CC(=O)N1C[C@@H]2CC[C@]2(C(=O)O)C1. The predicted molar refractivity (Wildman–Crippen MR) is 45.0 cm³/mol. The Morgan fingerprint density at radius 2 is 2.23 bits per heavy atom. The summed E-state index contributed by atoms with van der Waals surface area (Å²) in [5.74, 6) is -0.531. The van der Waals surface area contributed by atoms with Crippen molar-refractivity contribution in [3.63, 3.8) is 0 Å². The number of rotatable bonds is 1. The van der Waals surface area contributed by atoms with Crippen LogP contribution in [-0.4, -0.2) is 35.0 Å². The lowest BCUT2D eigenvalue weighted by atomic mass is 9.62. The molecule has 2 rings (SSSR count). The van der Waals surface area contributed by atoms with Crippen molar-refractivity contribution in [3.8, 4) is 0 Å². The lowest BCUT2D eigenvalue weighted by molar-refractivity contribution is -0.157. The zero-order chi connectivity index (χ0) is 9.64. The van der Waals surface area contributed by atoms with Crippen molar-refractivity contribution < 1.29 is 14.7 Å². The molecule has 0 radical (unpaired) electrons. The van der Waals surface area contributed by atoms with Crippen molar-refractivity contribution in [2.24, 2.45) is 11.3 Å². The van der Waals surface area contributed by atoms with E-state index in [0.717, 1.165) is 12.8 Å². The molecule has 4 nitrogen and oxygen atoms in total. The van der Waals surface area contributed by atoms with E-state index in [1.54, 1.807) is 4.90 Å². The quantitative estimate of drug-likeness (QED) is 0.637. The minimum Gasteiger partial charge on any atom is -0.481 e. The molecule has 2 aliphatic rings. The first kappa shape index (κ1) is 8.53. The fourth-order valence-electron chi connectivity index (χ4n) is 2.43. The van der Waals surface area contributed by atoms with Crippen molar-refractivity contribution in [1.82, 2.24) is 4.90 Å². The highest BCUT2D eigenvalue weighted by Gasteiger charge is 2.58. The molecule has 1 heterocycles. The summed E-state index contributed by atoms with van der Waals surface area (Å²) in [6, 6.07) is 0. The Hall–Kier alpha value is -1.06. The van der Waals surface area contributed by atoms with Crippen molar-refractivity contribution in [1.29, 1.82) is 0 Å². The number of carboxylic acids is 1. The van der Waals surface area contributed by atoms with Gasteiger partial charge in [-0.1, -0.05) is 0 Å².